The van der Waals surface area contributed by atoms with E-state index in [9.17, 15) is 4.79 Å². The molecule has 1 aromatic heterocycles. The monoisotopic (exact) mass is 206 g/mol. The van der Waals surface area contributed by atoms with Crippen LogP contribution in [0.3, 0.4) is 0 Å². The quantitative estimate of drug-likeness (QED) is 0.686. The van der Waals surface area contributed by atoms with E-state index in [1.807, 2.05) is 0 Å². The molecule has 0 saturated carbocycles. The number of ketones is 1. The van der Waals surface area contributed by atoms with Gasteiger partial charge in [-0.3, -0.25) is 4.79 Å². The first-order valence-electron chi connectivity index (χ1n) is 5.19. The molecule has 2 heterocycles. The zero-order valence-electron chi connectivity index (χ0n) is 8.77. The van der Waals surface area contributed by atoms with Crippen molar-refractivity contribution in [2.24, 2.45) is 5.92 Å². The zero-order valence-corrected chi connectivity index (χ0v) is 8.77. The van der Waals surface area contributed by atoms with Crippen LogP contribution in [0.4, 0.5) is 0 Å². The number of carbonyl (C=O) groups is 1. The molecular formula is C11H14N2O2. The maximum atomic E-state index is 12.0. The summed E-state index contributed by atoms with van der Waals surface area (Å²) < 4.78 is 5.29. The summed E-state index contributed by atoms with van der Waals surface area (Å²) >= 11 is 0. The lowest BCUT2D eigenvalue weighted by Crippen LogP contribution is -2.26. The Balaban J connectivity index is 2.12. The van der Waals surface area contributed by atoms with Crippen molar-refractivity contribution in [3.63, 3.8) is 0 Å². The fourth-order valence-electron chi connectivity index (χ4n) is 1.75. The van der Waals surface area contributed by atoms with Gasteiger partial charge < -0.3 is 4.74 Å². The predicted molar refractivity (Wildman–Crippen MR) is 54.6 cm³/mol. The standard InChI is InChI=1S/C11H14N2O2/c1-8-12-5-4-10(13-8)11(14)9-3-2-6-15-7-9/h4-5,9H,2-3,6-7H2,1H3. The Hall–Kier alpha value is -1.29. The summed E-state index contributed by atoms with van der Waals surface area (Å²) in [5.41, 5.74) is 0.512. The first-order valence-corrected chi connectivity index (χ1v) is 5.19. The number of Topliss-reactive ketones (excluding diaryl/α,β-unsaturated/α-hetero) is 1. The summed E-state index contributed by atoms with van der Waals surface area (Å²) in [5, 5.41) is 0. The number of hydrogen-bond acceptors (Lipinski definition) is 4. The molecule has 1 aliphatic rings. The van der Waals surface area contributed by atoms with Gasteiger partial charge in [0.05, 0.1) is 6.61 Å². The van der Waals surface area contributed by atoms with Crippen molar-refractivity contribution in [2.45, 2.75) is 19.8 Å². The molecule has 0 aromatic carbocycles. The molecule has 0 N–H and O–H groups in total. The van der Waals surface area contributed by atoms with Crippen molar-refractivity contribution in [3.8, 4) is 0 Å². The predicted octanol–water partition coefficient (Wildman–Crippen LogP) is 1.39. The Morgan fingerprint density at radius 2 is 2.47 bits per heavy atom. The van der Waals surface area contributed by atoms with Gasteiger partial charge in [-0.25, -0.2) is 9.97 Å². The highest BCUT2D eigenvalue weighted by molar-refractivity contribution is 5.96. The van der Waals surface area contributed by atoms with Crippen LogP contribution in [-0.4, -0.2) is 29.0 Å². The van der Waals surface area contributed by atoms with Gasteiger partial charge in [-0.15, -0.1) is 0 Å². The van der Waals surface area contributed by atoms with Gasteiger partial charge in [0.1, 0.15) is 11.5 Å². The van der Waals surface area contributed by atoms with Gasteiger partial charge >= 0.3 is 0 Å². The van der Waals surface area contributed by atoms with Crippen LogP contribution in [0.25, 0.3) is 0 Å². The number of carbonyl (C=O) groups excluding carboxylic acids is 1. The third-order valence-electron chi connectivity index (χ3n) is 2.56. The minimum atomic E-state index is -0.0203. The highest BCUT2D eigenvalue weighted by Gasteiger charge is 2.23. The van der Waals surface area contributed by atoms with Gasteiger partial charge in [0, 0.05) is 18.7 Å². The normalized spacial score (nSPS) is 21.3. The lowest BCUT2D eigenvalue weighted by Gasteiger charge is -2.20. The molecule has 1 atom stereocenters. The van der Waals surface area contributed by atoms with Gasteiger partial charge in [-0.05, 0) is 25.8 Å². The maximum Gasteiger partial charge on any atom is 0.186 e. The molecule has 1 fully saturated rings. The van der Waals surface area contributed by atoms with Crippen molar-refractivity contribution in [1.82, 2.24) is 9.97 Å². The molecule has 0 bridgehead atoms. The van der Waals surface area contributed by atoms with Crippen molar-refractivity contribution in [1.29, 1.82) is 0 Å². The van der Waals surface area contributed by atoms with E-state index < -0.39 is 0 Å². The summed E-state index contributed by atoms with van der Waals surface area (Å²) in [6.07, 6.45) is 3.49. The second-order valence-corrected chi connectivity index (χ2v) is 3.77. The first kappa shape index (κ1) is 10.2. The highest BCUT2D eigenvalue weighted by Crippen LogP contribution is 2.17. The minimum absolute atomic E-state index is 0.0203. The van der Waals surface area contributed by atoms with Gasteiger partial charge in [0.15, 0.2) is 5.78 Å². The Morgan fingerprint density at radius 3 is 3.13 bits per heavy atom. The van der Waals surface area contributed by atoms with E-state index in [4.69, 9.17) is 4.74 Å². The fourth-order valence-corrected chi connectivity index (χ4v) is 1.75. The molecule has 80 valence electrons. The van der Waals surface area contributed by atoms with E-state index in [2.05, 4.69) is 9.97 Å². The SMILES string of the molecule is Cc1nccc(C(=O)C2CCCOC2)n1. The van der Waals surface area contributed by atoms with Gasteiger partial charge in [0.25, 0.3) is 0 Å². The van der Waals surface area contributed by atoms with Gasteiger partial charge in [0.2, 0.25) is 0 Å². The second-order valence-electron chi connectivity index (χ2n) is 3.77. The van der Waals surface area contributed by atoms with Crippen molar-refractivity contribution >= 4 is 5.78 Å². The van der Waals surface area contributed by atoms with Crippen molar-refractivity contribution in [2.75, 3.05) is 13.2 Å². The van der Waals surface area contributed by atoms with Crippen molar-refractivity contribution in [3.05, 3.63) is 23.8 Å². The molecule has 4 nitrogen and oxygen atoms in total. The van der Waals surface area contributed by atoms with Crippen LogP contribution in [0, 0.1) is 12.8 Å². The van der Waals surface area contributed by atoms with E-state index in [-0.39, 0.29) is 11.7 Å². The second kappa shape index (κ2) is 4.49. The first-order chi connectivity index (χ1) is 7.27. The van der Waals surface area contributed by atoms with E-state index in [0.717, 1.165) is 19.4 Å². The van der Waals surface area contributed by atoms with Gasteiger partial charge in [-0.2, -0.15) is 0 Å². The number of aromatic nitrogens is 2. The molecule has 1 unspecified atom stereocenters. The van der Waals surface area contributed by atoms with Crippen LogP contribution in [0.15, 0.2) is 12.3 Å². The Labute approximate surface area is 88.7 Å². The Bertz CT molecular complexity index is 359. The summed E-state index contributed by atoms with van der Waals surface area (Å²) in [6.45, 7) is 3.09. The van der Waals surface area contributed by atoms with E-state index in [1.165, 1.54) is 0 Å². The molecule has 0 radical (unpaired) electrons. The lowest BCUT2D eigenvalue weighted by atomic mass is 9.95. The molecule has 2 rings (SSSR count). The number of aryl methyl sites for hydroxylation is 1. The summed E-state index contributed by atoms with van der Waals surface area (Å²) in [5.74, 6) is 0.700. The third kappa shape index (κ3) is 2.39. The van der Waals surface area contributed by atoms with Crippen molar-refractivity contribution < 1.29 is 9.53 Å². The lowest BCUT2D eigenvalue weighted by molar-refractivity contribution is 0.0457. The van der Waals surface area contributed by atoms with Crippen LogP contribution >= 0.6 is 0 Å². The van der Waals surface area contributed by atoms with Crippen LogP contribution in [0.2, 0.25) is 0 Å². The van der Waals surface area contributed by atoms with Crippen LogP contribution < -0.4 is 0 Å². The molecule has 1 aromatic rings. The number of ether oxygens (including phenoxy) is 1. The molecule has 4 heteroatoms. The Morgan fingerprint density at radius 1 is 1.60 bits per heavy atom. The summed E-state index contributed by atoms with van der Waals surface area (Å²) in [6, 6.07) is 1.67. The van der Waals surface area contributed by atoms with E-state index in [1.54, 1.807) is 19.2 Å². The number of rotatable bonds is 2. The Kier molecular flexibility index (Phi) is 3.06. The number of hydrogen-bond donors (Lipinski definition) is 0. The highest BCUT2D eigenvalue weighted by atomic mass is 16.5. The molecule has 15 heavy (non-hydrogen) atoms. The largest absolute Gasteiger partial charge is 0.381 e. The smallest absolute Gasteiger partial charge is 0.186 e. The maximum absolute atomic E-state index is 12.0. The van der Waals surface area contributed by atoms with E-state index >= 15 is 0 Å². The zero-order chi connectivity index (χ0) is 10.7. The molecule has 1 aliphatic heterocycles. The average molecular weight is 206 g/mol. The summed E-state index contributed by atoms with van der Waals surface area (Å²) in [7, 11) is 0. The molecule has 1 saturated heterocycles. The molecular weight excluding hydrogens is 192 g/mol. The van der Waals surface area contributed by atoms with Gasteiger partial charge in [-0.1, -0.05) is 0 Å². The van der Waals surface area contributed by atoms with Crippen LogP contribution in [0.5, 0.6) is 0 Å². The molecule has 0 amide bonds. The topological polar surface area (TPSA) is 52.1 Å². The van der Waals surface area contributed by atoms with Crippen LogP contribution in [0.1, 0.15) is 29.2 Å². The van der Waals surface area contributed by atoms with Crippen LogP contribution in [-0.2, 0) is 4.74 Å². The minimum Gasteiger partial charge on any atom is -0.381 e. The number of nitrogens with zero attached hydrogens (tertiary/aromatic N) is 2. The molecule has 0 spiro atoms. The van der Waals surface area contributed by atoms with E-state index in [0.29, 0.717) is 18.1 Å². The third-order valence-corrected chi connectivity index (χ3v) is 2.56. The average Bonchev–Trinajstić information content (AvgIpc) is 2.29. The molecule has 0 aliphatic carbocycles. The summed E-state index contributed by atoms with van der Waals surface area (Å²) in [4.78, 5) is 20.1. The fraction of sp³-hybridized carbons (Fsp3) is 0.545.